The van der Waals surface area contributed by atoms with Crippen molar-refractivity contribution in [1.82, 2.24) is 9.80 Å². The molecule has 1 amide bonds. The molecule has 218 valence electrons. The van der Waals surface area contributed by atoms with Gasteiger partial charge >= 0.3 is 5.97 Å². The second-order valence-corrected chi connectivity index (χ2v) is 12.6. The Morgan fingerprint density at radius 3 is 2.58 bits per heavy atom. The van der Waals surface area contributed by atoms with Gasteiger partial charge in [-0.3, -0.25) is 9.59 Å². The summed E-state index contributed by atoms with van der Waals surface area (Å²) in [5, 5.41) is 12.2. The number of aryl methyl sites for hydroxylation is 1. The molecule has 1 aliphatic heterocycles. The minimum Gasteiger partial charge on any atom is -0.427 e. The zero-order chi connectivity index (χ0) is 28.8. The summed E-state index contributed by atoms with van der Waals surface area (Å²) in [6.07, 6.45) is 7.59. The van der Waals surface area contributed by atoms with Gasteiger partial charge in [-0.25, -0.2) is 0 Å². The number of carbonyl (C=O) groups is 2. The van der Waals surface area contributed by atoms with E-state index in [0.29, 0.717) is 37.5 Å². The zero-order valence-electron chi connectivity index (χ0n) is 24.9. The molecule has 0 unspecified atom stereocenters. The van der Waals surface area contributed by atoms with Crippen molar-refractivity contribution in [2.24, 2.45) is 5.92 Å². The van der Waals surface area contributed by atoms with Crippen LogP contribution in [0.5, 0.6) is 5.75 Å². The lowest BCUT2D eigenvalue weighted by Crippen LogP contribution is -2.67. The highest BCUT2D eigenvalue weighted by atomic mass is 16.5. The highest BCUT2D eigenvalue weighted by molar-refractivity contribution is 5.76. The van der Waals surface area contributed by atoms with Crippen molar-refractivity contribution in [3.63, 3.8) is 0 Å². The number of amides is 1. The van der Waals surface area contributed by atoms with E-state index in [1.165, 1.54) is 12.5 Å². The van der Waals surface area contributed by atoms with Crippen LogP contribution in [0.15, 0.2) is 54.6 Å². The summed E-state index contributed by atoms with van der Waals surface area (Å²) in [4.78, 5) is 29.7. The average Bonchev–Trinajstić information content (AvgIpc) is 2.91. The number of esters is 1. The first-order valence-corrected chi connectivity index (χ1v) is 15.2. The number of fused-ring (bicyclic) bond motifs is 1. The van der Waals surface area contributed by atoms with Crippen LogP contribution >= 0.6 is 0 Å². The van der Waals surface area contributed by atoms with Gasteiger partial charge in [-0.1, -0.05) is 62.7 Å². The number of piperidine rings is 1. The Labute approximate surface area is 240 Å². The lowest BCUT2D eigenvalue weighted by atomic mass is 9.55. The monoisotopic (exact) mass is 548 g/mol. The molecule has 2 fully saturated rings. The van der Waals surface area contributed by atoms with E-state index < -0.39 is 11.0 Å². The molecule has 2 aromatic carbocycles. The molecule has 4 rings (SSSR count). The molecule has 0 bridgehead atoms. The van der Waals surface area contributed by atoms with Gasteiger partial charge in [-0.2, -0.15) is 0 Å². The van der Waals surface area contributed by atoms with E-state index in [0.717, 1.165) is 57.2 Å². The highest BCUT2D eigenvalue weighted by Crippen LogP contribution is 2.53. The Morgan fingerprint density at radius 1 is 1.07 bits per heavy atom. The van der Waals surface area contributed by atoms with Crippen molar-refractivity contribution in [2.75, 3.05) is 26.7 Å². The quantitative estimate of drug-likeness (QED) is 0.220. The Morgan fingerprint density at radius 2 is 1.85 bits per heavy atom. The zero-order valence-corrected chi connectivity index (χ0v) is 24.9. The molecular weight excluding hydrogens is 500 g/mol. The summed E-state index contributed by atoms with van der Waals surface area (Å²) in [6, 6.07) is 18.3. The number of likely N-dealkylation sites (tertiary alicyclic amines) is 1. The number of unbranched alkanes of at least 4 members (excludes halogenated alkanes) is 2. The number of aliphatic hydroxyl groups is 1. The standard InChI is InChI=1S/C34H48N2O4/c1-26(2)24-36(32(38)17-10-6-9-14-28-12-7-5-8-13-28)30-18-19-34(39)25-35(4)21-20-33(34,23-30)29-15-11-16-31(22-29)40-27(3)37/h5,7-8,11-13,15-16,22,26,30,39H,6,9-10,14,17-21,23-25H2,1-4H3/t30-,33+,34+/m1/s1. The lowest BCUT2D eigenvalue weighted by molar-refractivity contribution is -0.149. The van der Waals surface area contributed by atoms with Crippen LogP contribution in [0.4, 0.5) is 0 Å². The van der Waals surface area contributed by atoms with Crippen LogP contribution in [-0.4, -0.2) is 65.1 Å². The summed E-state index contributed by atoms with van der Waals surface area (Å²) in [7, 11) is 2.07. The maximum atomic E-state index is 13.7. The summed E-state index contributed by atoms with van der Waals surface area (Å²) in [5.41, 5.74) is 0.939. The smallest absolute Gasteiger partial charge is 0.308 e. The molecule has 1 saturated carbocycles. The molecule has 6 nitrogen and oxygen atoms in total. The van der Waals surface area contributed by atoms with E-state index in [2.05, 4.69) is 61.0 Å². The normalized spacial score (nSPS) is 24.9. The third-order valence-corrected chi connectivity index (χ3v) is 8.99. The van der Waals surface area contributed by atoms with Crippen LogP contribution in [-0.2, 0) is 21.4 Å². The number of β-amino-alcohol motifs (C(OH)–C–C–N with tert-alkyl or cyclic N) is 1. The molecule has 1 saturated heterocycles. The summed E-state index contributed by atoms with van der Waals surface area (Å²) >= 11 is 0. The van der Waals surface area contributed by atoms with Crippen molar-refractivity contribution in [3.8, 4) is 5.75 Å². The number of hydrogen-bond donors (Lipinski definition) is 1. The first kappa shape index (κ1) is 30.3. The molecule has 2 aliphatic rings. The van der Waals surface area contributed by atoms with Gasteiger partial charge in [0.25, 0.3) is 0 Å². The van der Waals surface area contributed by atoms with Gasteiger partial charge in [0, 0.05) is 37.9 Å². The van der Waals surface area contributed by atoms with E-state index >= 15 is 0 Å². The van der Waals surface area contributed by atoms with Crippen molar-refractivity contribution in [3.05, 3.63) is 65.7 Å². The first-order chi connectivity index (χ1) is 19.1. The molecule has 0 spiro atoms. The molecule has 1 heterocycles. The molecule has 0 radical (unpaired) electrons. The van der Waals surface area contributed by atoms with Crippen LogP contribution in [0.3, 0.4) is 0 Å². The number of rotatable bonds is 11. The molecular formula is C34H48N2O4. The largest absolute Gasteiger partial charge is 0.427 e. The number of benzene rings is 2. The van der Waals surface area contributed by atoms with Gasteiger partial charge in [0.05, 0.1) is 5.60 Å². The highest BCUT2D eigenvalue weighted by Gasteiger charge is 2.58. The van der Waals surface area contributed by atoms with E-state index in [4.69, 9.17) is 4.74 Å². The predicted molar refractivity (Wildman–Crippen MR) is 159 cm³/mol. The number of nitrogens with zero attached hydrogens (tertiary/aromatic N) is 2. The van der Waals surface area contributed by atoms with Gasteiger partial charge in [0.1, 0.15) is 5.75 Å². The molecule has 40 heavy (non-hydrogen) atoms. The van der Waals surface area contributed by atoms with Gasteiger partial charge in [0.15, 0.2) is 0 Å². The Kier molecular flexibility index (Phi) is 10.1. The topological polar surface area (TPSA) is 70.1 Å². The maximum absolute atomic E-state index is 13.7. The Hall–Kier alpha value is -2.70. The van der Waals surface area contributed by atoms with E-state index in [9.17, 15) is 14.7 Å². The van der Waals surface area contributed by atoms with Crippen molar-refractivity contribution < 1.29 is 19.4 Å². The molecule has 3 atom stereocenters. The molecule has 1 N–H and O–H groups in total. The minimum absolute atomic E-state index is 0.0697. The number of likely N-dealkylation sites (N-methyl/N-ethyl adjacent to an activating group) is 1. The van der Waals surface area contributed by atoms with Crippen LogP contribution in [0, 0.1) is 5.92 Å². The summed E-state index contributed by atoms with van der Waals surface area (Å²) in [5.74, 6) is 0.754. The fourth-order valence-electron chi connectivity index (χ4n) is 7.05. The number of carbonyl (C=O) groups excluding carboxylic acids is 2. The fourth-order valence-corrected chi connectivity index (χ4v) is 7.05. The van der Waals surface area contributed by atoms with Crippen molar-refractivity contribution in [2.45, 2.75) is 95.6 Å². The Balaban J connectivity index is 1.51. The fraction of sp³-hybridized carbons (Fsp3) is 0.588. The van der Waals surface area contributed by atoms with E-state index in [1.807, 2.05) is 18.2 Å². The minimum atomic E-state index is -0.907. The van der Waals surface area contributed by atoms with Gasteiger partial charge < -0.3 is 19.6 Å². The third-order valence-electron chi connectivity index (χ3n) is 8.99. The van der Waals surface area contributed by atoms with Crippen LogP contribution in [0.1, 0.15) is 83.3 Å². The van der Waals surface area contributed by atoms with Gasteiger partial charge in [0.2, 0.25) is 5.91 Å². The summed E-state index contributed by atoms with van der Waals surface area (Å²) in [6.45, 7) is 7.95. The molecule has 1 aliphatic carbocycles. The van der Waals surface area contributed by atoms with E-state index in [1.54, 1.807) is 6.07 Å². The van der Waals surface area contributed by atoms with Crippen molar-refractivity contribution >= 4 is 11.9 Å². The number of hydrogen-bond acceptors (Lipinski definition) is 5. The van der Waals surface area contributed by atoms with E-state index in [-0.39, 0.29) is 17.9 Å². The van der Waals surface area contributed by atoms with Gasteiger partial charge in [-0.05, 0) is 87.7 Å². The number of ether oxygens (including phenoxy) is 1. The first-order valence-electron chi connectivity index (χ1n) is 15.2. The average molecular weight is 549 g/mol. The van der Waals surface area contributed by atoms with Crippen LogP contribution < -0.4 is 4.74 Å². The molecule has 2 aromatic rings. The maximum Gasteiger partial charge on any atom is 0.308 e. The lowest BCUT2D eigenvalue weighted by Gasteiger charge is -2.59. The molecule has 6 heteroatoms. The second-order valence-electron chi connectivity index (χ2n) is 12.6. The Bertz CT molecular complexity index is 1140. The van der Waals surface area contributed by atoms with Crippen LogP contribution in [0.25, 0.3) is 0 Å². The van der Waals surface area contributed by atoms with Crippen LogP contribution in [0.2, 0.25) is 0 Å². The predicted octanol–water partition coefficient (Wildman–Crippen LogP) is 5.76. The van der Waals surface area contributed by atoms with Crippen molar-refractivity contribution in [1.29, 1.82) is 0 Å². The molecule has 0 aromatic heterocycles. The summed E-state index contributed by atoms with van der Waals surface area (Å²) < 4.78 is 5.44. The van der Waals surface area contributed by atoms with Gasteiger partial charge in [-0.15, -0.1) is 0 Å². The third kappa shape index (κ3) is 7.13. The SMILES string of the molecule is CC(=O)Oc1cccc([C@@]23CCN(C)C[C@@]2(O)CC[C@@H](N(CC(C)C)C(=O)CCCCCc2ccccc2)C3)c1. The second kappa shape index (κ2) is 13.3.